The Morgan fingerprint density at radius 2 is 1.92 bits per heavy atom. The fourth-order valence-corrected chi connectivity index (χ4v) is 1.22. The molecular weight excluding hydrogens is 236 g/mol. The number of ketones is 1. The molecule has 0 heterocycles. The fourth-order valence-electron chi connectivity index (χ4n) is 0.916. The van der Waals surface area contributed by atoms with Crippen molar-refractivity contribution in [2.24, 2.45) is 0 Å². The molecule has 1 aromatic carbocycles. The van der Waals surface area contributed by atoms with E-state index in [0.29, 0.717) is 5.69 Å². The third-order valence-corrected chi connectivity index (χ3v) is 2.13. The number of nitrogens with two attached hydrogens (primary N) is 2. The van der Waals surface area contributed by atoms with E-state index in [4.69, 9.17) is 11.5 Å². The lowest BCUT2D eigenvalue weighted by Gasteiger charge is -2.05. The number of aromatic hydroxyl groups is 1. The number of hydrogen-bond acceptors (Lipinski definition) is 4. The lowest BCUT2D eigenvalue weighted by Crippen LogP contribution is -2.03. The summed E-state index contributed by atoms with van der Waals surface area (Å²) in [6.07, 6.45) is 0. The van der Waals surface area contributed by atoms with Gasteiger partial charge in [0.1, 0.15) is 5.75 Å². The summed E-state index contributed by atoms with van der Waals surface area (Å²) in [4.78, 5) is 11.2. The maximum absolute atomic E-state index is 11.2. The van der Waals surface area contributed by atoms with Crippen LogP contribution in [-0.4, -0.2) is 16.2 Å². The number of rotatable bonds is 2. The van der Waals surface area contributed by atoms with Crippen molar-refractivity contribution in [2.75, 3.05) is 16.8 Å². The van der Waals surface area contributed by atoms with Crippen molar-refractivity contribution in [3.63, 3.8) is 0 Å². The summed E-state index contributed by atoms with van der Waals surface area (Å²) in [6, 6.07) is 2.64. The van der Waals surface area contributed by atoms with Gasteiger partial charge in [0.15, 0.2) is 5.78 Å². The number of halogens is 1. The van der Waals surface area contributed by atoms with Crippen molar-refractivity contribution in [3.05, 3.63) is 17.7 Å². The first-order chi connectivity index (χ1) is 6.06. The van der Waals surface area contributed by atoms with Crippen LogP contribution in [0.15, 0.2) is 12.1 Å². The van der Waals surface area contributed by atoms with Gasteiger partial charge in [0.25, 0.3) is 0 Å². The molecule has 0 aliphatic heterocycles. The van der Waals surface area contributed by atoms with E-state index in [1.165, 1.54) is 12.1 Å². The predicted molar refractivity (Wildman–Crippen MR) is 55.1 cm³/mol. The second-order valence-electron chi connectivity index (χ2n) is 2.56. The largest absolute Gasteiger partial charge is 0.507 e. The molecule has 0 saturated carbocycles. The van der Waals surface area contributed by atoms with E-state index >= 15 is 0 Å². The molecule has 0 aliphatic rings. The number of nitrogen functional groups attached to an aromatic ring is 2. The lowest BCUT2D eigenvalue weighted by molar-refractivity contribution is 0.102. The van der Waals surface area contributed by atoms with Gasteiger partial charge in [0.2, 0.25) is 0 Å². The molecule has 0 saturated heterocycles. The van der Waals surface area contributed by atoms with Crippen molar-refractivity contribution in [3.8, 4) is 5.75 Å². The van der Waals surface area contributed by atoms with Gasteiger partial charge < -0.3 is 16.6 Å². The molecule has 0 amide bonds. The van der Waals surface area contributed by atoms with Crippen LogP contribution < -0.4 is 11.5 Å². The number of phenols is 1. The third kappa shape index (κ3) is 1.92. The van der Waals surface area contributed by atoms with Crippen LogP contribution in [0.1, 0.15) is 10.4 Å². The average Bonchev–Trinajstić information content (AvgIpc) is 2.10. The molecule has 0 bridgehead atoms. The molecular formula is C8H9BrN2O2. The molecule has 5 heteroatoms. The molecule has 0 spiro atoms. The van der Waals surface area contributed by atoms with E-state index in [-0.39, 0.29) is 28.1 Å². The maximum atomic E-state index is 11.2. The van der Waals surface area contributed by atoms with Gasteiger partial charge in [-0.25, -0.2) is 0 Å². The molecule has 0 fully saturated rings. The Morgan fingerprint density at radius 1 is 1.38 bits per heavy atom. The molecule has 0 radical (unpaired) electrons. The smallest absolute Gasteiger partial charge is 0.177 e. The van der Waals surface area contributed by atoms with Crippen molar-refractivity contribution in [1.29, 1.82) is 0 Å². The van der Waals surface area contributed by atoms with Crippen LogP contribution >= 0.6 is 15.9 Å². The zero-order valence-electron chi connectivity index (χ0n) is 6.75. The summed E-state index contributed by atoms with van der Waals surface area (Å²) >= 11 is 3.00. The second-order valence-corrected chi connectivity index (χ2v) is 3.12. The molecule has 0 aliphatic carbocycles. The highest BCUT2D eigenvalue weighted by molar-refractivity contribution is 9.09. The van der Waals surface area contributed by atoms with Crippen LogP contribution in [0.2, 0.25) is 0 Å². The third-order valence-electron chi connectivity index (χ3n) is 1.62. The van der Waals surface area contributed by atoms with Crippen molar-refractivity contribution in [2.45, 2.75) is 0 Å². The Kier molecular flexibility index (Phi) is 2.77. The highest BCUT2D eigenvalue weighted by atomic mass is 79.9. The van der Waals surface area contributed by atoms with E-state index in [1.54, 1.807) is 0 Å². The quantitative estimate of drug-likeness (QED) is 0.315. The summed E-state index contributed by atoms with van der Waals surface area (Å²) in [7, 11) is 0. The first-order valence-electron chi connectivity index (χ1n) is 3.53. The number of Topliss-reactive ketones (excluding diaryl/α,β-unsaturated/α-hetero) is 1. The minimum atomic E-state index is -0.232. The first kappa shape index (κ1) is 9.85. The minimum Gasteiger partial charge on any atom is -0.507 e. The van der Waals surface area contributed by atoms with Crippen LogP contribution in [0.5, 0.6) is 5.75 Å². The topological polar surface area (TPSA) is 89.3 Å². The molecule has 1 rings (SSSR count). The van der Waals surface area contributed by atoms with Crippen molar-refractivity contribution in [1.82, 2.24) is 0 Å². The van der Waals surface area contributed by atoms with Gasteiger partial charge in [-0.05, 0) is 6.07 Å². The van der Waals surface area contributed by atoms with E-state index < -0.39 is 0 Å². The number of carbonyl (C=O) groups excluding carboxylic acids is 1. The highest BCUT2D eigenvalue weighted by Crippen LogP contribution is 2.26. The summed E-state index contributed by atoms with van der Waals surface area (Å²) in [5, 5.41) is 9.48. The summed E-state index contributed by atoms with van der Waals surface area (Å²) in [5.41, 5.74) is 11.6. The Bertz CT molecular complexity index is 352. The van der Waals surface area contributed by atoms with Gasteiger partial charge in [-0.3, -0.25) is 4.79 Å². The molecule has 5 N–H and O–H groups in total. The number of anilines is 2. The number of hydrogen-bond donors (Lipinski definition) is 3. The van der Waals surface area contributed by atoms with Crippen LogP contribution in [0, 0.1) is 0 Å². The highest BCUT2D eigenvalue weighted by Gasteiger charge is 2.11. The minimum absolute atomic E-state index is 0.142. The zero-order chi connectivity index (χ0) is 10.0. The van der Waals surface area contributed by atoms with Crippen LogP contribution in [0.3, 0.4) is 0 Å². The van der Waals surface area contributed by atoms with Gasteiger partial charge in [0.05, 0.1) is 22.3 Å². The number of carbonyl (C=O) groups is 1. The van der Waals surface area contributed by atoms with Gasteiger partial charge in [-0.2, -0.15) is 0 Å². The SMILES string of the molecule is Nc1cc(O)c(C(=O)CBr)cc1N. The van der Waals surface area contributed by atoms with E-state index in [9.17, 15) is 9.90 Å². The summed E-state index contributed by atoms with van der Waals surface area (Å²) in [6.45, 7) is 0. The number of benzene rings is 1. The van der Waals surface area contributed by atoms with E-state index in [1.807, 2.05) is 0 Å². The molecule has 13 heavy (non-hydrogen) atoms. The monoisotopic (exact) mass is 244 g/mol. The lowest BCUT2D eigenvalue weighted by atomic mass is 10.1. The van der Waals surface area contributed by atoms with Crippen molar-refractivity contribution < 1.29 is 9.90 Å². The van der Waals surface area contributed by atoms with Crippen LogP contribution in [-0.2, 0) is 0 Å². The Morgan fingerprint density at radius 3 is 2.46 bits per heavy atom. The molecule has 1 aromatic rings. The molecule has 0 aromatic heterocycles. The molecule has 0 unspecified atom stereocenters. The predicted octanol–water partition coefficient (Wildman–Crippen LogP) is 1.13. The first-order valence-corrected chi connectivity index (χ1v) is 4.65. The maximum Gasteiger partial charge on any atom is 0.177 e. The van der Waals surface area contributed by atoms with Gasteiger partial charge >= 0.3 is 0 Å². The van der Waals surface area contributed by atoms with E-state index in [0.717, 1.165) is 0 Å². The fraction of sp³-hybridized carbons (Fsp3) is 0.125. The molecule has 4 nitrogen and oxygen atoms in total. The van der Waals surface area contributed by atoms with Gasteiger partial charge in [-0.15, -0.1) is 0 Å². The Balaban J connectivity index is 3.23. The average molecular weight is 245 g/mol. The Labute approximate surface area is 83.7 Å². The molecule has 0 atom stereocenters. The summed E-state index contributed by atoms with van der Waals surface area (Å²) in [5.74, 6) is -0.375. The molecule has 70 valence electrons. The zero-order valence-corrected chi connectivity index (χ0v) is 8.34. The summed E-state index contributed by atoms with van der Waals surface area (Å²) < 4.78 is 0. The number of alkyl halides is 1. The van der Waals surface area contributed by atoms with Crippen molar-refractivity contribution >= 4 is 33.1 Å². The number of phenolic OH excluding ortho intramolecular Hbond substituents is 1. The van der Waals surface area contributed by atoms with E-state index in [2.05, 4.69) is 15.9 Å². The van der Waals surface area contributed by atoms with Gasteiger partial charge in [0, 0.05) is 6.07 Å². The standard InChI is InChI=1S/C8H9BrN2O2/c9-3-8(13)4-1-5(10)6(11)2-7(4)12/h1-2,12H,3,10-11H2. The van der Waals surface area contributed by atoms with Crippen LogP contribution in [0.4, 0.5) is 11.4 Å². The second kappa shape index (κ2) is 3.66. The van der Waals surface area contributed by atoms with Gasteiger partial charge in [-0.1, -0.05) is 15.9 Å². The normalized spacial score (nSPS) is 9.92. The van der Waals surface area contributed by atoms with Crippen LogP contribution in [0.25, 0.3) is 0 Å². The Hall–Kier alpha value is -1.23.